The van der Waals surface area contributed by atoms with Gasteiger partial charge in [-0.3, -0.25) is 0 Å². The number of hydrogen-bond donors (Lipinski definition) is 1. The third-order valence-corrected chi connectivity index (χ3v) is 3.33. The van der Waals surface area contributed by atoms with E-state index in [9.17, 15) is 0 Å². The van der Waals surface area contributed by atoms with Gasteiger partial charge in [-0.15, -0.1) is 0 Å². The molecule has 0 aliphatic heterocycles. The molecule has 3 heteroatoms. The highest BCUT2D eigenvalue weighted by atomic mass is 16.5. The van der Waals surface area contributed by atoms with Gasteiger partial charge in [0.1, 0.15) is 18.1 Å². The Morgan fingerprint density at radius 1 is 0.952 bits per heavy atom. The molecule has 2 N–H and O–H groups in total. The lowest BCUT2D eigenvalue weighted by atomic mass is 10.1. The van der Waals surface area contributed by atoms with Crippen molar-refractivity contribution in [2.75, 3.05) is 6.61 Å². The van der Waals surface area contributed by atoms with E-state index in [2.05, 4.69) is 26.0 Å². The molecule has 0 aromatic heterocycles. The fraction of sp³-hybridized carbons (Fsp3) is 0.333. The molecule has 0 bridgehead atoms. The van der Waals surface area contributed by atoms with E-state index in [4.69, 9.17) is 15.2 Å². The van der Waals surface area contributed by atoms with Crippen molar-refractivity contribution in [2.24, 2.45) is 5.73 Å². The van der Waals surface area contributed by atoms with E-state index in [-0.39, 0.29) is 0 Å². The standard InChI is InChI=1S/C18H23NO2/c1-3-10-20-17-6-8-18(9-7-17)21-13-16-5-4-15(12-19)11-14(16)2/h4-9,11H,3,10,12-13,19H2,1-2H3. The van der Waals surface area contributed by atoms with Crippen molar-refractivity contribution in [1.29, 1.82) is 0 Å². The number of hydrogen-bond acceptors (Lipinski definition) is 3. The highest BCUT2D eigenvalue weighted by Crippen LogP contribution is 2.20. The van der Waals surface area contributed by atoms with Gasteiger partial charge in [0.2, 0.25) is 0 Å². The lowest BCUT2D eigenvalue weighted by molar-refractivity contribution is 0.300. The second-order valence-corrected chi connectivity index (χ2v) is 5.07. The second-order valence-electron chi connectivity index (χ2n) is 5.07. The van der Waals surface area contributed by atoms with Crippen molar-refractivity contribution in [3.05, 3.63) is 59.2 Å². The van der Waals surface area contributed by atoms with Gasteiger partial charge in [-0.1, -0.05) is 25.1 Å². The topological polar surface area (TPSA) is 44.5 Å². The van der Waals surface area contributed by atoms with E-state index in [0.29, 0.717) is 13.2 Å². The highest BCUT2D eigenvalue weighted by Gasteiger charge is 2.02. The van der Waals surface area contributed by atoms with Crippen LogP contribution >= 0.6 is 0 Å². The van der Waals surface area contributed by atoms with Crippen LogP contribution in [0.4, 0.5) is 0 Å². The maximum absolute atomic E-state index is 5.82. The summed E-state index contributed by atoms with van der Waals surface area (Å²) in [6, 6.07) is 14.0. The Morgan fingerprint density at radius 2 is 1.62 bits per heavy atom. The van der Waals surface area contributed by atoms with Gasteiger partial charge in [-0.05, 0) is 54.3 Å². The maximum Gasteiger partial charge on any atom is 0.120 e. The minimum Gasteiger partial charge on any atom is -0.494 e. The van der Waals surface area contributed by atoms with Gasteiger partial charge >= 0.3 is 0 Å². The summed E-state index contributed by atoms with van der Waals surface area (Å²) in [4.78, 5) is 0. The first-order valence-electron chi connectivity index (χ1n) is 7.37. The summed E-state index contributed by atoms with van der Waals surface area (Å²) in [6.07, 6.45) is 1.01. The molecule has 0 heterocycles. The van der Waals surface area contributed by atoms with E-state index < -0.39 is 0 Å². The van der Waals surface area contributed by atoms with Crippen LogP contribution in [-0.2, 0) is 13.2 Å². The number of nitrogens with two attached hydrogens (primary N) is 1. The molecule has 0 radical (unpaired) electrons. The molecule has 3 nitrogen and oxygen atoms in total. The summed E-state index contributed by atoms with van der Waals surface area (Å²) < 4.78 is 11.4. The average molecular weight is 285 g/mol. The Labute approximate surface area is 126 Å². The summed E-state index contributed by atoms with van der Waals surface area (Å²) in [6.45, 7) is 6.05. The molecule has 0 atom stereocenters. The second kappa shape index (κ2) is 7.70. The van der Waals surface area contributed by atoms with Gasteiger partial charge in [-0.25, -0.2) is 0 Å². The maximum atomic E-state index is 5.82. The third-order valence-electron chi connectivity index (χ3n) is 3.33. The zero-order valence-corrected chi connectivity index (χ0v) is 12.8. The van der Waals surface area contributed by atoms with E-state index >= 15 is 0 Å². The molecule has 0 fully saturated rings. The van der Waals surface area contributed by atoms with Crippen LogP contribution in [0.2, 0.25) is 0 Å². The molecule has 0 aliphatic carbocycles. The van der Waals surface area contributed by atoms with Gasteiger partial charge < -0.3 is 15.2 Å². The first kappa shape index (κ1) is 15.4. The molecule has 0 unspecified atom stereocenters. The Kier molecular flexibility index (Phi) is 5.64. The molecule has 0 saturated heterocycles. The smallest absolute Gasteiger partial charge is 0.120 e. The average Bonchev–Trinajstić information content (AvgIpc) is 2.52. The van der Waals surface area contributed by atoms with Crippen LogP contribution in [0.3, 0.4) is 0 Å². The SMILES string of the molecule is CCCOc1ccc(OCc2ccc(CN)cc2C)cc1. The zero-order chi connectivity index (χ0) is 15.1. The van der Waals surface area contributed by atoms with Crippen LogP contribution in [0.15, 0.2) is 42.5 Å². The molecule has 0 aliphatic rings. The number of ether oxygens (including phenoxy) is 2. The van der Waals surface area contributed by atoms with Gasteiger partial charge in [0.25, 0.3) is 0 Å². The minimum absolute atomic E-state index is 0.561. The molecule has 0 saturated carbocycles. The van der Waals surface area contributed by atoms with E-state index in [1.165, 1.54) is 11.1 Å². The van der Waals surface area contributed by atoms with Crippen molar-refractivity contribution in [1.82, 2.24) is 0 Å². The zero-order valence-electron chi connectivity index (χ0n) is 12.8. The predicted octanol–water partition coefficient (Wildman–Crippen LogP) is 3.82. The van der Waals surface area contributed by atoms with E-state index in [0.717, 1.165) is 30.1 Å². The first-order chi connectivity index (χ1) is 10.2. The van der Waals surface area contributed by atoms with Gasteiger partial charge in [0.15, 0.2) is 0 Å². The van der Waals surface area contributed by atoms with Crippen molar-refractivity contribution >= 4 is 0 Å². The van der Waals surface area contributed by atoms with Gasteiger partial charge in [-0.2, -0.15) is 0 Å². The van der Waals surface area contributed by atoms with Crippen molar-refractivity contribution in [2.45, 2.75) is 33.4 Å². The first-order valence-corrected chi connectivity index (χ1v) is 7.37. The predicted molar refractivity (Wildman–Crippen MR) is 85.6 cm³/mol. The summed E-state index contributed by atoms with van der Waals surface area (Å²) in [7, 11) is 0. The number of benzene rings is 2. The molecule has 21 heavy (non-hydrogen) atoms. The lowest BCUT2D eigenvalue weighted by Gasteiger charge is -2.11. The molecular weight excluding hydrogens is 262 g/mol. The van der Waals surface area contributed by atoms with Crippen LogP contribution in [-0.4, -0.2) is 6.61 Å². The summed E-state index contributed by atoms with van der Waals surface area (Å²) >= 11 is 0. The van der Waals surface area contributed by atoms with Crippen LogP contribution < -0.4 is 15.2 Å². The van der Waals surface area contributed by atoms with E-state index in [1.54, 1.807) is 0 Å². The largest absolute Gasteiger partial charge is 0.494 e. The van der Waals surface area contributed by atoms with Crippen LogP contribution in [0.25, 0.3) is 0 Å². The summed E-state index contributed by atoms with van der Waals surface area (Å²) in [5.74, 6) is 1.73. The Morgan fingerprint density at radius 3 is 2.19 bits per heavy atom. The number of aryl methyl sites for hydroxylation is 1. The lowest BCUT2D eigenvalue weighted by Crippen LogP contribution is -2.01. The van der Waals surface area contributed by atoms with Gasteiger partial charge in [0, 0.05) is 6.54 Å². The fourth-order valence-corrected chi connectivity index (χ4v) is 2.06. The van der Waals surface area contributed by atoms with Crippen LogP contribution in [0, 0.1) is 6.92 Å². The molecule has 0 spiro atoms. The van der Waals surface area contributed by atoms with Crippen LogP contribution in [0.5, 0.6) is 11.5 Å². The summed E-state index contributed by atoms with van der Waals surface area (Å²) in [5, 5.41) is 0. The number of rotatable bonds is 7. The molecular formula is C18H23NO2. The minimum atomic E-state index is 0.561. The molecule has 0 amide bonds. The fourth-order valence-electron chi connectivity index (χ4n) is 2.06. The third kappa shape index (κ3) is 4.50. The summed E-state index contributed by atoms with van der Waals surface area (Å²) in [5.41, 5.74) is 9.17. The van der Waals surface area contributed by atoms with Crippen molar-refractivity contribution < 1.29 is 9.47 Å². The Balaban J connectivity index is 1.93. The van der Waals surface area contributed by atoms with E-state index in [1.807, 2.05) is 30.3 Å². The Bertz CT molecular complexity index is 564. The Hall–Kier alpha value is -2.00. The van der Waals surface area contributed by atoms with Gasteiger partial charge in [0.05, 0.1) is 6.61 Å². The normalized spacial score (nSPS) is 10.4. The molecule has 2 aromatic rings. The quantitative estimate of drug-likeness (QED) is 0.841. The highest BCUT2D eigenvalue weighted by molar-refractivity contribution is 5.33. The van der Waals surface area contributed by atoms with Crippen LogP contribution in [0.1, 0.15) is 30.0 Å². The van der Waals surface area contributed by atoms with Crippen molar-refractivity contribution in [3.63, 3.8) is 0 Å². The molecule has 2 aromatic carbocycles. The molecule has 2 rings (SSSR count). The monoisotopic (exact) mass is 285 g/mol. The molecule has 112 valence electrons. The van der Waals surface area contributed by atoms with Crippen molar-refractivity contribution in [3.8, 4) is 11.5 Å².